The van der Waals surface area contributed by atoms with E-state index in [0.717, 1.165) is 29.8 Å². The van der Waals surface area contributed by atoms with Crippen LogP contribution < -0.4 is 15.8 Å². The zero-order chi connectivity index (χ0) is 21.3. The summed E-state index contributed by atoms with van der Waals surface area (Å²) in [6.45, 7) is 4.60. The van der Waals surface area contributed by atoms with Gasteiger partial charge >= 0.3 is 5.97 Å². The van der Waals surface area contributed by atoms with Crippen LogP contribution in [-0.4, -0.2) is 27.5 Å². The lowest BCUT2D eigenvalue weighted by molar-refractivity contribution is 0.0462. The number of anilines is 3. The average molecular weight is 407 g/mol. The number of esters is 1. The van der Waals surface area contributed by atoms with E-state index >= 15 is 0 Å². The molecular weight excluding hydrogens is 382 g/mol. The first kappa shape index (κ1) is 21.0. The molecule has 0 radical (unpaired) electrons. The zero-order valence-corrected chi connectivity index (χ0v) is 17.1. The average Bonchev–Trinajstić information content (AvgIpc) is 2.74. The summed E-state index contributed by atoms with van der Waals surface area (Å²) >= 11 is 0. The predicted molar refractivity (Wildman–Crippen MR) is 115 cm³/mol. The number of para-hydroxylation sites is 1. The van der Waals surface area contributed by atoms with Gasteiger partial charge in [0.15, 0.2) is 12.4 Å². The molecule has 0 fully saturated rings. The first-order chi connectivity index (χ1) is 14.5. The molecule has 8 nitrogen and oxygen atoms in total. The number of nitrogens with two attached hydrogens (primary N) is 1. The van der Waals surface area contributed by atoms with E-state index in [1.807, 2.05) is 31.2 Å². The van der Waals surface area contributed by atoms with Crippen molar-refractivity contribution in [2.45, 2.75) is 33.3 Å². The summed E-state index contributed by atoms with van der Waals surface area (Å²) in [4.78, 5) is 24.7. The summed E-state index contributed by atoms with van der Waals surface area (Å²) in [5.41, 5.74) is 8.08. The Kier molecular flexibility index (Phi) is 7.15. The lowest BCUT2D eigenvalue weighted by atomic mass is 10.2. The molecule has 0 saturated carbocycles. The molecule has 0 aliphatic rings. The molecular formula is C22H25N5O3. The van der Waals surface area contributed by atoms with E-state index < -0.39 is 5.97 Å². The summed E-state index contributed by atoms with van der Waals surface area (Å²) in [6.07, 6.45) is 2.05. The molecule has 0 saturated heterocycles. The molecule has 1 heterocycles. The molecule has 156 valence electrons. The molecule has 0 atom stereocenters. The van der Waals surface area contributed by atoms with Crippen molar-refractivity contribution in [1.82, 2.24) is 15.0 Å². The van der Waals surface area contributed by atoms with Crippen molar-refractivity contribution in [2.24, 2.45) is 0 Å². The lowest BCUT2D eigenvalue weighted by Gasteiger charge is -2.10. The van der Waals surface area contributed by atoms with E-state index in [2.05, 4.69) is 27.2 Å². The van der Waals surface area contributed by atoms with E-state index in [9.17, 15) is 4.79 Å². The molecule has 0 spiro atoms. The zero-order valence-electron chi connectivity index (χ0n) is 17.1. The normalized spacial score (nSPS) is 10.5. The molecule has 0 unspecified atom stereocenters. The summed E-state index contributed by atoms with van der Waals surface area (Å²) in [5.74, 6) is 0.822. The highest BCUT2D eigenvalue weighted by Crippen LogP contribution is 2.18. The van der Waals surface area contributed by atoms with Crippen LogP contribution in [0.1, 0.15) is 41.5 Å². The van der Waals surface area contributed by atoms with Crippen LogP contribution in [0.2, 0.25) is 0 Å². The maximum Gasteiger partial charge on any atom is 0.338 e. The molecule has 0 amide bonds. The van der Waals surface area contributed by atoms with Gasteiger partial charge in [-0.05, 0) is 49.2 Å². The van der Waals surface area contributed by atoms with Gasteiger partial charge in [0.05, 0.1) is 12.2 Å². The number of nitrogens with one attached hydrogen (secondary N) is 1. The standard InChI is InChI=1S/C22H25N5O3/c1-3-4-13-29-17-11-9-16(10-12-17)20(28)30-14-19-25-21(23)27-22(26-19)24-18-8-6-5-7-15(18)2/h5-12H,3-4,13-14H2,1-2H3,(H3,23,24,25,26,27). The number of ether oxygens (including phenoxy) is 2. The van der Waals surface area contributed by atoms with E-state index in [1.54, 1.807) is 24.3 Å². The summed E-state index contributed by atoms with van der Waals surface area (Å²) in [6, 6.07) is 14.5. The van der Waals surface area contributed by atoms with Crippen LogP contribution in [-0.2, 0) is 11.3 Å². The lowest BCUT2D eigenvalue weighted by Crippen LogP contribution is -2.11. The molecule has 0 aliphatic carbocycles. The van der Waals surface area contributed by atoms with Crippen LogP contribution in [0.3, 0.4) is 0 Å². The minimum Gasteiger partial charge on any atom is -0.494 e. The highest BCUT2D eigenvalue weighted by atomic mass is 16.5. The third-order valence-corrected chi connectivity index (χ3v) is 4.28. The minimum atomic E-state index is -0.484. The second-order valence-corrected chi connectivity index (χ2v) is 6.68. The van der Waals surface area contributed by atoms with Crippen molar-refractivity contribution in [3.8, 4) is 5.75 Å². The number of aromatic nitrogens is 3. The Morgan fingerprint density at radius 2 is 1.83 bits per heavy atom. The van der Waals surface area contributed by atoms with Gasteiger partial charge in [0, 0.05) is 5.69 Å². The first-order valence-corrected chi connectivity index (χ1v) is 9.78. The number of nitrogens with zero attached hydrogens (tertiary/aromatic N) is 3. The summed E-state index contributed by atoms with van der Waals surface area (Å²) in [7, 11) is 0. The number of benzene rings is 2. The fourth-order valence-electron chi connectivity index (χ4n) is 2.63. The second-order valence-electron chi connectivity index (χ2n) is 6.68. The van der Waals surface area contributed by atoms with E-state index in [4.69, 9.17) is 15.2 Å². The number of nitrogen functional groups attached to an aromatic ring is 1. The maximum absolute atomic E-state index is 12.3. The van der Waals surface area contributed by atoms with Crippen molar-refractivity contribution in [3.63, 3.8) is 0 Å². The molecule has 8 heteroatoms. The Balaban J connectivity index is 1.60. The van der Waals surface area contributed by atoms with Gasteiger partial charge in [0.2, 0.25) is 11.9 Å². The van der Waals surface area contributed by atoms with Gasteiger partial charge in [0.1, 0.15) is 5.75 Å². The second kappa shape index (κ2) is 10.2. The smallest absolute Gasteiger partial charge is 0.338 e. The van der Waals surface area contributed by atoms with Crippen LogP contribution in [0.25, 0.3) is 0 Å². The Morgan fingerprint density at radius 3 is 2.57 bits per heavy atom. The molecule has 1 aromatic heterocycles. The predicted octanol–water partition coefficient (Wildman–Crippen LogP) is 4.04. The third kappa shape index (κ3) is 5.91. The molecule has 3 aromatic rings. The van der Waals surface area contributed by atoms with Crippen molar-refractivity contribution in [1.29, 1.82) is 0 Å². The quantitative estimate of drug-likeness (QED) is 0.404. The van der Waals surface area contributed by atoms with E-state index in [1.165, 1.54) is 0 Å². The van der Waals surface area contributed by atoms with Crippen LogP contribution >= 0.6 is 0 Å². The molecule has 3 N–H and O–H groups in total. The molecule has 2 aromatic carbocycles. The van der Waals surface area contributed by atoms with Gasteiger partial charge in [-0.1, -0.05) is 31.5 Å². The maximum atomic E-state index is 12.3. The van der Waals surface area contributed by atoms with Crippen molar-refractivity contribution >= 4 is 23.6 Å². The summed E-state index contributed by atoms with van der Waals surface area (Å²) < 4.78 is 10.9. The van der Waals surface area contributed by atoms with Crippen LogP contribution in [0, 0.1) is 6.92 Å². The monoisotopic (exact) mass is 407 g/mol. The van der Waals surface area contributed by atoms with Crippen molar-refractivity contribution < 1.29 is 14.3 Å². The van der Waals surface area contributed by atoms with Gasteiger partial charge in [-0.3, -0.25) is 0 Å². The highest BCUT2D eigenvalue weighted by molar-refractivity contribution is 5.89. The van der Waals surface area contributed by atoms with Crippen LogP contribution in [0.5, 0.6) is 5.75 Å². The van der Waals surface area contributed by atoms with Crippen molar-refractivity contribution in [3.05, 3.63) is 65.5 Å². The fourth-order valence-corrected chi connectivity index (χ4v) is 2.63. The van der Waals surface area contributed by atoms with Crippen molar-refractivity contribution in [2.75, 3.05) is 17.7 Å². The van der Waals surface area contributed by atoms with Crippen LogP contribution in [0.4, 0.5) is 17.6 Å². The Labute approximate surface area is 175 Å². The Hall–Kier alpha value is -3.68. The molecule has 0 bridgehead atoms. The van der Waals surface area contributed by atoms with E-state index in [0.29, 0.717) is 12.2 Å². The Morgan fingerprint density at radius 1 is 1.07 bits per heavy atom. The van der Waals surface area contributed by atoms with Gasteiger partial charge < -0.3 is 20.5 Å². The topological polar surface area (TPSA) is 112 Å². The fraction of sp³-hybridized carbons (Fsp3) is 0.273. The third-order valence-electron chi connectivity index (χ3n) is 4.28. The van der Waals surface area contributed by atoms with Gasteiger partial charge in [0.25, 0.3) is 0 Å². The molecule has 0 aliphatic heterocycles. The number of hydrogen-bond donors (Lipinski definition) is 2. The minimum absolute atomic E-state index is 0.0423. The number of carbonyl (C=O) groups is 1. The number of hydrogen-bond acceptors (Lipinski definition) is 8. The number of carbonyl (C=O) groups excluding carboxylic acids is 1. The molecule has 30 heavy (non-hydrogen) atoms. The van der Waals surface area contributed by atoms with Gasteiger partial charge in [-0.15, -0.1) is 0 Å². The van der Waals surface area contributed by atoms with Gasteiger partial charge in [-0.2, -0.15) is 15.0 Å². The number of aryl methyl sites for hydroxylation is 1. The van der Waals surface area contributed by atoms with E-state index in [-0.39, 0.29) is 24.3 Å². The van der Waals surface area contributed by atoms with Gasteiger partial charge in [-0.25, -0.2) is 4.79 Å². The summed E-state index contributed by atoms with van der Waals surface area (Å²) in [5, 5.41) is 3.10. The van der Waals surface area contributed by atoms with Crippen LogP contribution in [0.15, 0.2) is 48.5 Å². The first-order valence-electron chi connectivity index (χ1n) is 9.78. The highest BCUT2D eigenvalue weighted by Gasteiger charge is 2.11. The largest absolute Gasteiger partial charge is 0.494 e. The molecule has 3 rings (SSSR count). The number of unbranched alkanes of at least 4 members (excludes halogenated alkanes) is 1. The number of rotatable bonds is 9. The Bertz CT molecular complexity index is 992. The SMILES string of the molecule is CCCCOc1ccc(C(=O)OCc2nc(N)nc(Nc3ccccc3C)n2)cc1.